The second kappa shape index (κ2) is 6.36. The van der Waals surface area contributed by atoms with E-state index in [2.05, 4.69) is 26.1 Å². The molecule has 0 unspecified atom stereocenters. The summed E-state index contributed by atoms with van der Waals surface area (Å²) in [7, 11) is 1.33. The van der Waals surface area contributed by atoms with Crippen LogP contribution < -0.4 is 5.32 Å². The molecule has 1 heterocycles. The van der Waals surface area contributed by atoms with Gasteiger partial charge in [-0.3, -0.25) is 4.79 Å². The highest BCUT2D eigenvalue weighted by Crippen LogP contribution is 2.70. The number of fused-ring (bicyclic) bond motifs is 6. The van der Waals surface area contributed by atoms with E-state index in [4.69, 9.17) is 14.7 Å². The van der Waals surface area contributed by atoms with Gasteiger partial charge in [0.25, 0.3) is 0 Å². The first-order valence-electron chi connectivity index (χ1n) is 10.5. The lowest BCUT2D eigenvalue weighted by molar-refractivity contribution is -0.125. The minimum absolute atomic E-state index is 0.152. The Bertz CT molecular complexity index is 1250. The molecule has 0 radical (unpaired) electrons. The maximum absolute atomic E-state index is 14.0. The number of rotatable bonds is 3. The van der Waals surface area contributed by atoms with Gasteiger partial charge in [-0.1, -0.05) is 45.0 Å². The summed E-state index contributed by atoms with van der Waals surface area (Å²) in [4.78, 5) is 36.2. The number of anilines is 1. The van der Waals surface area contributed by atoms with E-state index >= 15 is 0 Å². The van der Waals surface area contributed by atoms with Gasteiger partial charge in [0, 0.05) is 5.41 Å². The fourth-order valence-electron chi connectivity index (χ4n) is 5.66. The van der Waals surface area contributed by atoms with E-state index in [0.717, 1.165) is 28.8 Å². The van der Waals surface area contributed by atoms with Gasteiger partial charge in [0.2, 0.25) is 5.91 Å². The molecule has 0 aliphatic heterocycles. The Kier molecular flexibility index (Phi) is 4.04. The molecule has 5 rings (SSSR count). The van der Waals surface area contributed by atoms with Crippen LogP contribution in [0.4, 0.5) is 5.69 Å². The van der Waals surface area contributed by atoms with Crippen LogP contribution in [0.5, 0.6) is 0 Å². The topological polar surface area (TPSA) is 81.2 Å². The fraction of sp³-hybridized carbons (Fsp3) is 0.360. The Morgan fingerprint density at radius 1 is 0.903 bits per heavy atom. The van der Waals surface area contributed by atoms with Crippen molar-refractivity contribution in [2.24, 2.45) is 5.41 Å². The number of hydrogen-bond donors (Lipinski definition) is 1. The van der Waals surface area contributed by atoms with E-state index in [9.17, 15) is 9.59 Å². The summed E-state index contributed by atoms with van der Waals surface area (Å²) in [6.45, 7) is 6.47. The van der Waals surface area contributed by atoms with Crippen LogP contribution in [0.25, 0.3) is 11.0 Å². The highest BCUT2D eigenvalue weighted by atomic mass is 16.5. The summed E-state index contributed by atoms with van der Waals surface area (Å²) < 4.78 is 4.89. The van der Waals surface area contributed by atoms with Crippen LogP contribution in [0.15, 0.2) is 48.5 Å². The first kappa shape index (κ1) is 19.7. The zero-order chi connectivity index (χ0) is 22.0. The zero-order valence-corrected chi connectivity index (χ0v) is 18.2. The monoisotopic (exact) mass is 415 g/mol. The van der Waals surface area contributed by atoms with E-state index in [1.54, 1.807) is 24.3 Å². The van der Waals surface area contributed by atoms with Gasteiger partial charge in [-0.05, 0) is 42.5 Å². The Morgan fingerprint density at radius 2 is 1.52 bits per heavy atom. The molecule has 6 nitrogen and oxygen atoms in total. The van der Waals surface area contributed by atoms with Crippen molar-refractivity contribution in [2.45, 2.75) is 44.4 Å². The zero-order valence-electron chi connectivity index (χ0n) is 18.2. The molecule has 1 aromatic heterocycles. The molecule has 2 bridgehead atoms. The van der Waals surface area contributed by atoms with Crippen molar-refractivity contribution in [2.75, 3.05) is 12.4 Å². The minimum atomic E-state index is -0.836. The highest BCUT2D eigenvalue weighted by molar-refractivity contribution is 6.06. The number of hydrogen-bond acceptors (Lipinski definition) is 5. The lowest BCUT2D eigenvalue weighted by Crippen LogP contribution is -2.48. The van der Waals surface area contributed by atoms with Crippen LogP contribution in [0.2, 0.25) is 0 Å². The fourth-order valence-corrected chi connectivity index (χ4v) is 5.66. The largest absolute Gasteiger partial charge is 0.465 e. The third-order valence-electron chi connectivity index (χ3n) is 7.91. The molecule has 0 spiro atoms. The van der Waals surface area contributed by atoms with Gasteiger partial charge in [-0.15, -0.1) is 0 Å². The van der Waals surface area contributed by atoms with Crippen LogP contribution in [0.1, 0.15) is 55.4 Å². The van der Waals surface area contributed by atoms with Crippen LogP contribution in [-0.2, 0) is 20.4 Å². The number of ether oxygens (including phenoxy) is 1. The normalized spacial score (nSPS) is 25.3. The average molecular weight is 415 g/mol. The predicted octanol–water partition coefficient (Wildman–Crippen LogP) is 4.38. The van der Waals surface area contributed by atoms with E-state index in [0.29, 0.717) is 17.7 Å². The van der Waals surface area contributed by atoms with Crippen molar-refractivity contribution in [1.29, 1.82) is 0 Å². The summed E-state index contributed by atoms with van der Waals surface area (Å²) in [6, 6.07) is 14.7. The molecule has 2 aliphatic carbocycles. The number of methoxy groups -OCH3 is 1. The van der Waals surface area contributed by atoms with Crippen molar-refractivity contribution < 1.29 is 14.3 Å². The minimum Gasteiger partial charge on any atom is -0.465 e. The SMILES string of the molecule is COC(=O)c1ccccc1NC(=O)[C@]12CC[C@](C)(c3nc4ccccc4nc31)C2(C)C. The van der Waals surface area contributed by atoms with E-state index in [1.807, 2.05) is 24.3 Å². The van der Waals surface area contributed by atoms with Crippen molar-refractivity contribution in [3.05, 3.63) is 65.5 Å². The molecule has 1 N–H and O–H groups in total. The van der Waals surface area contributed by atoms with Crippen molar-refractivity contribution >= 4 is 28.6 Å². The van der Waals surface area contributed by atoms with E-state index in [1.165, 1.54) is 7.11 Å². The second-order valence-corrected chi connectivity index (χ2v) is 9.26. The predicted molar refractivity (Wildman–Crippen MR) is 118 cm³/mol. The van der Waals surface area contributed by atoms with Crippen LogP contribution >= 0.6 is 0 Å². The Morgan fingerprint density at radius 3 is 2.19 bits per heavy atom. The van der Waals surface area contributed by atoms with Gasteiger partial charge in [0.15, 0.2) is 0 Å². The quantitative estimate of drug-likeness (QED) is 0.642. The molecule has 3 aromatic rings. The summed E-state index contributed by atoms with van der Waals surface area (Å²) in [5.41, 5.74) is 2.58. The maximum Gasteiger partial charge on any atom is 0.339 e. The lowest BCUT2D eigenvalue weighted by atomic mass is 9.63. The molecule has 2 aromatic carbocycles. The number of amides is 1. The summed E-state index contributed by atoms with van der Waals surface area (Å²) in [5.74, 6) is -0.637. The number of esters is 1. The standard InChI is InChI=1S/C25H25N3O3/c1-23(2)24(3)13-14-25(23,20-19(24)26-17-11-7-8-12-18(17)27-20)22(30)28-16-10-6-5-9-15(16)21(29)31-4/h5-12H,13-14H2,1-4H3,(H,28,30)/t24-,25+/m1/s1. The Hall–Kier alpha value is -3.28. The molecule has 158 valence electrons. The van der Waals surface area contributed by atoms with Crippen LogP contribution in [0.3, 0.4) is 0 Å². The summed E-state index contributed by atoms with van der Waals surface area (Å²) in [5, 5.41) is 3.04. The van der Waals surface area contributed by atoms with E-state index < -0.39 is 16.8 Å². The molecule has 0 saturated heterocycles. The smallest absolute Gasteiger partial charge is 0.339 e. The Balaban J connectivity index is 1.67. The number of nitrogens with zero attached hydrogens (tertiary/aromatic N) is 2. The average Bonchev–Trinajstić information content (AvgIpc) is 3.07. The lowest BCUT2D eigenvalue weighted by Gasteiger charge is -2.39. The van der Waals surface area contributed by atoms with Crippen molar-refractivity contribution in [1.82, 2.24) is 9.97 Å². The molecule has 1 amide bonds. The molecule has 1 saturated carbocycles. The van der Waals surface area contributed by atoms with Gasteiger partial charge >= 0.3 is 5.97 Å². The molecule has 2 aliphatic rings. The van der Waals surface area contributed by atoms with Gasteiger partial charge in [-0.25, -0.2) is 14.8 Å². The van der Waals surface area contributed by atoms with Crippen LogP contribution in [-0.4, -0.2) is 29.0 Å². The number of carbonyl (C=O) groups is 2. The van der Waals surface area contributed by atoms with Crippen molar-refractivity contribution in [3.8, 4) is 0 Å². The van der Waals surface area contributed by atoms with Gasteiger partial charge in [-0.2, -0.15) is 0 Å². The van der Waals surface area contributed by atoms with Gasteiger partial charge in [0.05, 0.1) is 46.2 Å². The molecule has 2 atom stereocenters. The third-order valence-corrected chi connectivity index (χ3v) is 7.91. The summed E-state index contributed by atoms with van der Waals surface area (Å²) >= 11 is 0. The number of benzene rings is 2. The third kappa shape index (κ3) is 2.33. The van der Waals surface area contributed by atoms with Crippen molar-refractivity contribution in [3.63, 3.8) is 0 Å². The number of para-hydroxylation sites is 3. The van der Waals surface area contributed by atoms with Crippen LogP contribution in [0, 0.1) is 5.41 Å². The van der Waals surface area contributed by atoms with E-state index in [-0.39, 0.29) is 11.3 Å². The first-order chi connectivity index (χ1) is 14.8. The molecular formula is C25H25N3O3. The molecule has 31 heavy (non-hydrogen) atoms. The van der Waals surface area contributed by atoms with Gasteiger partial charge < -0.3 is 10.1 Å². The molecular weight excluding hydrogens is 390 g/mol. The maximum atomic E-state index is 14.0. The Labute approximate surface area is 181 Å². The first-order valence-corrected chi connectivity index (χ1v) is 10.5. The number of aromatic nitrogens is 2. The summed E-state index contributed by atoms with van der Waals surface area (Å²) in [6.07, 6.45) is 1.54. The molecule has 1 fully saturated rings. The number of carbonyl (C=O) groups excluding carboxylic acids is 2. The molecule has 6 heteroatoms. The number of nitrogens with one attached hydrogen (secondary N) is 1. The second-order valence-electron chi connectivity index (χ2n) is 9.26. The highest BCUT2D eigenvalue weighted by Gasteiger charge is 2.73. The van der Waals surface area contributed by atoms with Gasteiger partial charge in [0.1, 0.15) is 0 Å².